The quantitative estimate of drug-likeness (QED) is 0.0754. The summed E-state index contributed by atoms with van der Waals surface area (Å²) in [5.74, 6) is -4.95. The van der Waals surface area contributed by atoms with Crippen LogP contribution in [0.1, 0.15) is 106 Å². The molecule has 5 heterocycles. The van der Waals surface area contributed by atoms with Crippen LogP contribution in [0.5, 0.6) is 0 Å². The molecule has 8 amide bonds. The van der Waals surface area contributed by atoms with Crippen molar-refractivity contribution in [3.05, 3.63) is 130 Å². The minimum atomic E-state index is -1.28. The Morgan fingerprint density at radius 1 is 0.831 bits per heavy atom. The number of carboxylic acid groups (broad SMARTS) is 1. The Morgan fingerprint density at radius 2 is 1.54 bits per heavy atom. The topological polar surface area (TPSA) is 252 Å². The highest BCUT2D eigenvalue weighted by Gasteiger charge is 2.49. The van der Waals surface area contributed by atoms with Crippen LogP contribution in [0.4, 0.5) is 29.7 Å². The third-order valence-corrected chi connectivity index (χ3v) is 17.7. The number of nitrogens with one attached hydrogen (secondary N) is 4. The number of piperazine rings is 1. The SMILES string of the molecule is CC1COCCN1C[C@H]1CN(C(=O)O)[C@H](C)CN1CC(=O)N1CC(C)(C(=O)NCCNC(=O)c2ccc(F)c(NC(=O)[C@@H]3c4ccccc4CN3C(=O)C(NC(=O)C(C)N(C)C(=O)OC(C)(C)C)C3CCOCC3)c2)c2ccc(Cc3ccc(F)cc3)cc21. The van der Waals surface area contributed by atoms with Gasteiger partial charge in [0.1, 0.15) is 35.4 Å². The molecular weight excluding hydrogens is 1150 g/mol. The van der Waals surface area contributed by atoms with Gasteiger partial charge in [-0.1, -0.05) is 48.5 Å². The van der Waals surface area contributed by atoms with E-state index in [0.717, 1.165) is 22.1 Å². The first kappa shape index (κ1) is 65.4. The molecule has 3 fully saturated rings. The van der Waals surface area contributed by atoms with E-state index >= 15 is 4.39 Å². The lowest BCUT2D eigenvalue weighted by atomic mass is 9.83. The lowest BCUT2D eigenvalue weighted by molar-refractivity contribution is -0.144. The van der Waals surface area contributed by atoms with Gasteiger partial charge in [-0.05, 0) is 138 Å². The highest BCUT2D eigenvalue weighted by Crippen LogP contribution is 2.43. The van der Waals surface area contributed by atoms with E-state index in [2.05, 4.69) is 33.1 Å². The molecule has 4 unspecified atom stereocenters. The number of hydrogen-bond acceptors (Lipinski definition) is 13. The highest BCUT2D eigenvalue weighted by molar-refractivity contribution is 6.04. The van der Waals surface area contributed by atoms with Gasteiger partial charge >= 0.3 is 12.2 Å². The summed E-state index contributed by atoms with van der Waals surface area (Å²) >= 11 is 0. The molecule has 4 aromatic carbocycles. The molecule has 24 heteroatoms. The van der Waals surface area contributed by atoms with Gasteiger partial charge in [-0.25, -0.2) is 18.4 Å². The highest BCUT2D eigenvalue weighted by atomic mass is 19.1. The number of fused-ring (bicyclic) bond motifs is 2. The maximum absolute atomic E-state index is 15.8. The molecule has 5 aliphatic heterocycles. The van der Waals surface area contributed by atoms with Crippen LogP contribution in [0, 0.1) is 17.6 Å². The number of likely N-dealkylation sites (N-methyl/N-ethyl adjacent to an activating group) is 1. The largest absolute Gasteiger partial charge is 0.465 e. The molecule has 0 radical (unpaired) electrons. The number of carbonyl (C=O) groups is 8. The number of hydrogen-bond donors (Lipinski definition) is 5. The second kappa shape index (κ2) is 27.8. The number of nitrogens with zero attached hydrogens (tertiary/aromatic N) is 6. The van der Waals surface area contributed by atoms with E-state index in [1.54, 1.807) is 69.0 Å². The van der Waals surface area contributed by atoms with Crippen molar-refractivity contribution in [2.45, 2.75) is 122 Å². The van der Waals surface area contributed by atoms with Crippen molar-refractivity contribution < 1.29 is 66.5 Å². The normalized spacial score (nSPS) is 22.1. The van der Waals surface area contributed by atoms with E-state index in [9.17, 15) is 47.9 Å². The molecule has 4 aromatic rings. The van der Waals surface area contributed by atoms with E-state index in [-0.39, 0.29) is 74.3 Å². The van der Waals surface area contributed by atoms with Crippen LogP contribution in [0.3, 0.4) is 0 Å². The molecule has 478 valence electrons. The standard InChI is InChI=1S/C65H82F2N10O12/c1-39-32-74(48(35-75(39)62(84)85)34-73-25-28-88-37-40(73)2)36-54(78)77-38-65(7,50-19-15-43(30-53(50)77)29-42-13-17-47(66)18-14-42)61(83)69-24-23-68-58(80)45-16-20-51(67)52(31-45)70-59(81)56-49-12-10-9-11-46(49)33-76(56)60(82)55(44-21-26-87-27-22-44)71-57(79)41(3)72(8)63(86)89-64(4,5)6/h9-20,30-31,39-41,44,48,55-56H,21-29,32-38H2,1-8H3,(H,68,80)(H,69,83)(H,70,81)(H,71,79)(H,84,85)/t39-,40?,41?,48+,55?,56+,65?/m1/s1. The molecule has 5 N–H and O–H groups in total. The lowest BCUT2D eigenvalue weighted by Gasteiger charge is -2.47. The first-order valence-corrected chi connectivity index (χ1v) is 30.4. The monoisotopic (exact) mass is 1230 g/mol. The van der Waals surface area contributed by atoms with Gasteiger partial charge in [0.15, 0.2) is 0 Å². The summed E-state index contributed by atoms with van der Waals surface area (Å²) in [5.41, 5.74) is 1.46. The van der Waals surface area contributed by atoms with Gasteiger partial charge in [-0.15, -0.1) is 0 Å². The van der Waals surface area contributed by atoms with Gasteiger partial charge < -0.3 is 55.3 Å². The van der Waals surface area contributed by atoms with E-state index in [1.807, 2.05) is 30.0 Å². The molecular formula is C65H82F2N10O12. The predicted molar refractivity (Wildman–Crippen MR) is 326 cm³/mol. The molecule has 9 rings (SSSR count). The van der Waals surface area contributed by atoms with Crippen LogP contribution in [0.25, 0.3) is 0 Å². The van der Waals surface area contributed by atoms with E-state index in [0.29, 0.717) is 87.7 Å². The van der Waals surface area contributed by atoms with Crippen LogP contribution >= 0.6 is 0 Å². The fraction of sp³-hybridized carbons (Fsp3) is 0.508. The van der Waals surface area contributed by atoms with Crippen molar-refractivity contribution in [1.82, 2.24) is 40.4 Å². The molecule has 5 aliphatic rings. The molecule has 0 saturated carbocycles. The van der Waals surface area contributed by atoms with Crippen LogP contribution in [0.2, 0.25) is 0 Å². The summed E-state index contributed by atoms with van der Waals surface area (Å²) in [4.78, 5) is 122. The zero-order chi connectivity index (χ0) is 64.1. The first-order valence-electron chi connectivity index (χ1n) is 30.4. The number of morpholine rings is 1. The summed E-state index contributed by atoms with van der Waals surface area (Å²) in [5, 5.41) is 21.3. The Bertz CT molecular complexity index is 3310. The molecule has 0 aliphatic carbocycles. The summed E-state index contributed by atoms with van der Waals surface area (Å²) in [6, 6.07) is 18.0. The average molecular weight is 1230 g/mol. The summed E-state index contributed by atoms with van der Waals surface area (Å²) in [6.45, 7) is 15.4. The van der Waals surface area contributed by atoms with Crippen LogP contribution in [-0.4, -0.2) is 199 Å². The van der Waals surface area contributed by atoms with Crippen molar-refractivity contribution in [2.24, 2.45) is 5.92 Å². The molecule has 7 atom stereocenters. The zero-order valence-electron chi connectivity index (χ0n) is 51.8. The maximum Gasteiger partial charge on any atom is 0.410 e. The fourth-order valence-electron chi connectivity index (χ4n) is 12.5. The van der Waals surface area contributed by atoms with Gasteiger partial charge in [0.25, 0.3) is 11.8 Å². The van der Waals surface area contributed by atoms with Crippen molar-refractivity contribution in [3.63, 3.8) is 0 Å². The summed E-state index contributed by atoms with van der Waals surface area (Å²) in [6.07, 6.45) is -0.505. The molecule has 89 heavy (non-hydrogen) atoms. The van der Waals surface area contributed by atoms with Crippen molar-refractivity contribution in [3.8, 4) is 0 Å². The number of benzene rings is 4. The minimum Gasteiger partial charge on any atom is -0.465 e. The number of rotatable bonds is 18. The van der Waals surface area contributed by atoms with E-state index in [4.69, 9.17) is 14.2 Å². The molecule has 0 spiro atoms. The Hall–Kier alpha value is -8.06. The number of halogens is 2. The average Bonchev–Trinajstić information content (AvgIpc) is 1.70. The van der Waals surface area contributed by atoms with Crippen molar-refractivity contribution >= 4 is 59.0 Å². The molecule has 0 bridgehead atoms. The summed E-state index contributed by atoms with van der Waals surface area (Å²) < 4.78 is 46.4. The number of amides is 8. The van der Waals surface area contributed by atoms with Gasteiger partial charge in [-0.3, -0.25) is 43.5 Å². The third kappa shape index (κ3) is 15.2. The van der Waals surface area contributed by atoms with Crippen LogP contribution < -0.4 is 26.2 Å². The lowest BCUT2D eigenvalue weighted by Crippen LogP contribution is -2.64. The Kier molecular flexibility index (Phi) is 20.4. The third-order valence-electron chi connectivity index (χ3n) is 17.7. The minimum absolute atomic E-state index is 0.00988. The Balaban J connectivity index is 0.868. The second-order valence-electron chi connectivity index (χ2n) is 25.2. The smallest absolute Gasteiger partial charge is 0.410 e. The number of carbonyl (C=O) groups excluding carboxylic acids is 7. The molecule has 0 aromatic heterocycles. The zero-order valence-corrected chi connectivity index (χ0v) is 51.8. The molecule has 3 saturated heterocycles. The maximum atomic E-state index is 15.8. The second-order valence-corrected chi connectivity index (χ2v) is 25.2. The van der Waals surface area contributed by atoms with Gasteiger partial charge in [0.2, 0.25) is 23.6 Å². The van der Waals surface area contributed by atoms with Crippen molar-refractivity contribution in [2.75, 3.05) is 96.0 Å². The predicted octanol–water partition coefficient (Wildman–Crippen LogP) is 5.67. The number of anilines is 2. The van der Waals surface area contributed by atoms with Gasteiger partial charge in [0.05, 0.1) is 30.9 Å². The van der Waals surface area contributed by atoms with Crippen LogP contribution in [-0.2, 0) is 56.6 Å². The number of ether oxygens (including phenoxy) is 3. The fourth-order valence-corrected chi connectivity index (χ4v) is 12.5. The van der Waals surface area contributed by atoms with Gasteiger partial charge in [0, 0.05) is 102 Å². The first-order chi connectivity index (χ1) is 42.3. The van der Waals surface area contributed by atoms with E-state index < -0.39 is 88.6 Å². The van der Waals surface area contributed by atoms with Crippen LogP contribution in [0.15, 0.2) is 84.9 Å². The Morgan fingerprint density at radius 3 is 2.25 bits per heavy atom. The van der Waals surface area contributed by atoms with Crippen molar-refractivity contribution in [1.29, 1.82) is 0 Å². The van der Waals surface area contributed by atoms with E-state index in [1.165, 1.54) is 48.0 Å². The van der Waals surface area contributed by atoms with Gasteiger partial charge in [-0.2, -0.15) is 0 Å². The molecule has 22 nitrogen and oxygen atoms in total. The summed E-state index contributed by atoms with van der Waals surface area (Å²) in [7, 11) is 1.42. The Labute approximate surface area is 517 Å².